The fourth-order valence-electron chi connectivity index (χ4n) is 15.8. The molecule has 3 saturated heterocycles. The molecule has 0 spiro atoms. The minimum atomic E-state index is -2.54. The molecule has 6 unspecified atom stereocenters. The van der Waals surface area contributed by atoms with E-state index in [2.05, 4.69) is 42.5 Å². The van der Waals surface area contributed by atoms with Crippen LogP contribution in [0.5, 0.6) is 63.2 Å². The van der Waals surface area contributed by atoms with Gasteiger partial charge >= 0.3 is 5.97 Å². The highest BCUT2D eigenvalue weighted by Crippen LogP contribution is 2.51. The summed E-state index contributed by atoms with van der Waals surface area (Å²) < 4.78 is 57.6. The number of aromatic hydroxyl groups is 3. The van der Waals surface area contributed by atoms with Crippen LogP contribution in [-0.4, -0.2) is 249 Å². The van der Waals surface area contributed by atoms with Crippen LogP contribution in [0.4, 0.5) is 0 Å². The van der Waals surface area contributed by atoms with E-state index in [1.165, 1.54) is 48.5 Å². The van der Waals surface area contributed by atoms with Crippen LogP contribution in [0, 0.1) is 3.57 Å². The van der Waals surface area contributed by atoms with Crippen molar-refractivity contribution in [2.75, 3.05) is 19.8 Å². The number of amides is 8. The van der Waals surface area contributed by atoms with Gasteiger partial charge in [0.1, 0.15) is 150 Å². The average Bonchev–Trinajstić information content (AvgIpc) is 0.762. The van der Waals surface area contributed by atoms with Crippen LogP contribution < -0.4 is 72.0 Å². The number of unbranched alkanes of at least 4 members (excludes halogenated alkanes) is 2. The molecule has 7 aromatic carbocycles. The van der Waals surface area contributed by atoms with Crippen molar-refractivity contribution < 1.29 is 157 Å². The Labute approximate surface area is 748 Å². The van der Waals surface area contributed by atoms with E-state index in [1.54, 1.807) is 22.6 Å². The van der Waals surface area contributed by atoms with E-state index in [0.29, 0.717) is 19.3 Å². The molecular weight excluding hydrogens is 1840 g/mol. The summed E-state index contributed by atoms with van der Waals surface area (Å²) in [5, 5.41) is 178. The Hall–Kier alpha value is -11.1. The van der Waals surface area contributed by atoms with Gasteiger partial charge in [-0.25, -0.2) is 4.79 Å². The number of carboxylic acids is 1. The molecule has 682 valence electrons. The third-order valence-electron chi connectivity index (χ3n) is 22.4. The number of carbonyl (C=O) groups excluding carboxylic acids is 8. The van der Waals surface area contributed by atoms with Gasteiger partial charge in [0.05, 0.1) is 29.9 Å². The predicted octanol–water partition coefficient (Wildman–Crippen LogP) is 0.502. The number of ether oxygens (including phenoxy) is 9. The largest absolute Gasteiger partial charge is 0.508 e. The van der Waals surface area contributed by atoms with Crippen LogP contribution in [0.2, 0.25) is 10.0 Å². The minimum absolute atomic E-state index is 0.0367. The molecule has 44 heteroatoms. The van der Waals surface area contributed by atoms with E-state index in [9.17, 15) is 90.7 Å². The molecule has 0 aliphatic carbocycles. The van der Waals surface area contributed by atoms with Crippen molar-refractivity contribution in [2.45, 2.75) is 186 Å². The lowest BCUT2D eigenvalue weighted by molar-refractivity contribution is -0.284. The van der Waals surface area contributed by atoms with Crippen LogP contribution in [0.25, 0.3) is 11.1 Å². The highest BCUT2D eigenvalue weighted by atomic mass is 127. The van der Waals surface area contributed by atoms with Crippen molar-refractivity contribution in [3.05, 3.63) is 168 Å². The maximum atomic E-state index is 17.0. The molecule has 8 amide bonds. The number of fused-ring (bicyclic) bond motifs is 14. The van der Waals surface area contributed by atoms with Gasteiger partial charge in [-0.2, -0.15) is 0 Å². The van der Waals surface area contributed by atoms with Crippen molar-refractivity contribution in [3.8, 4) is 74.4 Å². The maximum Gasteiger partial charge on any atom is 0.330 e. The number of phenols is 3. The van der Waals surface area contributed by atoms with Gasteiger partial charge in [-0.15, -0.1) is 0 Å². The van der Waals surface area contributed by atoms with Gasteiger partial charge in [0.15, 0.2) is 35.3 Å². The zero-order valence-electron chi connectivity index (χ0n) is 67.2. The predicted molar refractivity (Wildman–Crippen MR) is 446 cm³/mol. The summed E-state index contributed by atoms with van der Waals surface area (Å²) in [6.45, 7) is -0.211. The molecule has 41 nitrogen and oxygen atoms in total. The third-order valence-corrected chi connectivity index (χ3v) is 24.0. The first kappa shape index (κ1) is 93.0. The minimum Gasteiger partial charge on any atom is -0.508 e. The lowest BCUT2D eigenvalue weighted by Gasteiger charge is -2.44. The molecule has 24 N–H and O–H groups in total. The zero-order valence-corrected chi connectivity index (χ0v) is 70.9. The number of benzene rings is 7. The van der Waals surface area contributed by atoms with Crippen molar-refractivity contribution in [2.24, 2.45) is 5.73 Å². The number of aliphatic hydroxyl groups is 10. The molecule has 128 heavy (non-hydrogen) atoms. The first-order chi connectivity index (χ1) is 61.0. The second kappa shape index (κ2) is 39.1. The number of hydrogen-bond acceptors (Lipinski definition) is 32. The number of aliphatic hydroxyl groups excluding tert-OH is 10. The van der Waals surface area contributed by atoms with Crippen LogP contribution >= 0.6 is 45.8 Å². The van der Waals surface area contributed by atoms with Gasteiger partial charge in [0.2, 0.25) is 65.6 Å². The second-order valence-electron chi connectivity index (χ2n) is 31.3. The van der Waals surface area contributed by atoms with Gasteiger partial charge in [-0.3, -0.25) is 38.4 Å². The van der Waals surface area contributed by atoms with Gasteiger partial charge < -0.3 is 162 Å². The molecule has 0 radical (unpaired) electrons. The van der Waals surface area contributed by atoms with Crippen LogP contribution in [0.3, 0.4) is 0 Å². The third kappa shape index (κ3) is 19.6. The van der Waals surface area contributed by atoms with E-state index >= 15 is 24.0 Å². The van der Waals surface area contributed by atoms with Crippen LogP contribution in [-0.2, 0) is 68.5 Å². The zero-order chi connectivity index (χ0) is 91.9. The van der Waals surface area contributed by atoms with E-state index in [0.717, 1.165) is 73.7 Å². The molecule has 0 saturated carbocycles. The number of rotatable bonds is 16. The van der Waals surface area contributed by atoms with E-state index in [-0.39, 0.29) is 65.6 Å². The summed E-state index contributed by atoms with van der Waals surface area (Å²) in [6.07, 6.45) is -27.3. The molecule has 23 atom stereocenters. The number of carbonyl (C=O) groups is 9. The summed E-state index contributed by atoms with van der Waals surface area (Å²) in [7, 11) is 0. The summed E-state index contributed by atoms with van der Waals surface area (Å²) in [4.78, 5) is 138. The fourth-order valence-corrected chi connectivity index (χ4v) is 16.9. The summed E-state index contributed by atoms with van der Waals surface area (Å²) in [5.74, 6) is -17.9. The number of nitrogens with two attached hydrogens (primary N) is 1. The molecule has 9 aliphatic heterocycles. The fraction of sp³-hybridized carbons (Fsp3) is 0.393. The Kier molecular flexibility index (Phi) is 28.4. The number of carboxylic acid groups (broad SMARTS) is 1. The van der Waals surface area contributed by atoms with Crippen molar-refractivity contribution in [1.29, 1.82) is 0 Å². The Bertz CT molecular complexity index is 5470. The summed E-state index contributed by atoms with van der Waals surface area (Å²) in [5.41, 5.74) is 3.87. The van der Waals surface area contributed by atoms with Gasteiger partial charge in [0, 0.05) is 46.6 Å². The molecule has 17 bridgehead atoms. The number of hydrogen-bond donors (Lipinski definition) is 23. The quantitative estimate of drug-likeness (QED) is 0.0463. The molecule has 9 heterocycles. The van der Waals surface area contributed by atoms with Gasteiger partial charge in [-0.1, -0.05) is 67.2 Å². The highest BCUT2D eigenvalue weighted by molar-refractivity contribution is 14.1. The Morgan fingerprint density at radius 3 is 1.71 bits per heavy atom. The van der Waals surface area contributed by atoms with Crippen LogP contribution in [0.1, 0.15) is 115 Å². The Morgan fingerprint density at radius 1 is 0.523 bits per heavy atom. The lowest BCUT2D eigenvalue weighted by atomic mass is 9.90. The van der Waals surface area contributed by atoms with Crippen molar-refractivity contribution in [1.82, 2.24) is 42.5 Å². The highest BCUT2D eigenvalue weighted by Gasteiger charge is 2.52. The summed E-state index contributed by atoms with van der Waals surface area (Å²) >= 11 is 16.5. The molecule has 0 aromatic heterocycles. The van der Waals surface area contributed by atoms with Crippen molar-refractivity contribution >= 4 is 99.0 Å². The summed E-state index contributed by atoms with van der Waals surface area (Å²) in [6, 6.07) is 2.40. The molecular formula is C84H88Cl2IN9O32. The monoisotopic (exact) mass is 1930 g/mol. The van der Waals surface area contributed by atoms with Crippen LogP contribution in [0.15, 0.2) is 115 Å². The normalized spacial score (nSPS) is 29.4. The Balaban J connectivity index is 1.05. The molecule has 9 aliphatic rings. The lowest BCUT2D eigenvalue weighted by Crippen LogP contribution is -2.65. The topological polar surface area (TPSA) is 642 Å². The number of halogens is 3. The first-order valence-electron chi connectivity index (χ1n) is 40.1. The standard InChI is InChI=1S/C84H88Cl2IN9O32/c1-3-4-5-6-56(104)91-64-70(109)67(106)54(28-98)125-83(64)128-74-51-22-36-23-52(74)122-48-14-10-34(20-43(48)86)73(127-82-63(89-30(2)100)69(108)66(105)53(27-97)124-82)65-80(117)95-62(81(118)119)41-25-38(102)26-50(123-84-72(111)71(110)68(107)55(29-99)126-84)57(41)40-19-33(8-11-44(40)87)59(77(114)96-65)93-79(116)61(36)94-78(115)60-35-17-37(101)24-39(18-35)120-49-21-32(9-12-46(49)103)58(88)76(113)90-45(75(112)92-60)16-31-7-13-47(121-51)42(85)15-31/h7-15,17-26,45,53-55,58-73,82-84,97-99,101-103,105-111H,3-6,16,27-29,88H2,1-2H3,(H,89,100)(H,90,113)(H,91,104)(H,92,112)(H,93,116)(H,94,115)(H,95,117)(H,96,114)(H,118,119)/t45-,53?,54?,55?,58-,59-,60+,61-,62+,63+,64?,65+,66-,67-,68-,69?,70-,71-,72?,73-,82+,83+,84+/m1/s1. The van der Waals surface area contributed by atoms with E-state index < -0.39 is 288 Å². The van der Waals surface area contributed by atoms with E-state index in [4.69, 9.17) is 71.6 Å². The van der Waals surface area contributed by atoms with Crippen molar-refractivity contribution in [3.63, 3.8) is 0 Å². The Morgan fingerprint density at radius 2 is 1.09 bits per heavy atom. The molecule has 16 rings (SSSR count). The maximum absolute atomic E-state index is 17.0. The number of aliphatic carboxylic acids is 1. The second-order valence-corrected chi connectivity index (χ2v) is 33.2. The molecule has 3 fully saturated rings. The SMILES string of the molecule is CCCCCC(=O)NC1[C@H](Oc2c3cc4cc2Oc2ccc(cc2Cl)[C@@H](O[C@@H]2OC(CO)[C@@H](O)C(O)[C@@H]2NC(C)=O)[C@@H]2NC(=O)[C@H](NC(=O)[C@@H]4NC(=O)[C@H]4NC(=O)[C@@H](Cc5ccc(c(Cl)c5)O3)NC(=O)[C@H](N)c3ccc(O)c(c3)Oc3cc(O)cc4c3)c3ccc(I)c(c3)-c3c(O[C@H]4OC(CO)[C@@H](O)[C@@H](O)C4O)cc(O)cc3[C@@H](C(=O)O)NC2=O)OC(CO)[C@@H](O)[C@@H]1O. The molecule has 7 aromatic rings. The first-order valence-corrected chi connectivity index (χ1v) is 41.9. The van der Waals surface area contributed by atoms with E-state index in [1.807, 2.05) is 6.92 Å². The average molecular weight is 1930 g/mol. The number of nitrogens with one attached hydrogen (secondary N) is 8. The smallest absolute Gasteiger partial charge is 0.330 e. The van der Waals surface area contributed by atoms with Gasteiger partial charge in [0.25, 0.3) is 0 Å². The number of phenolic OH excluding ortho intramolecular Hbond substituents is 3. The van der Waals surface area contributed by atoms with Gasteiger partial charge in [-0.05, 0) is 147 Å².